The third kappa shape index (κ3) is 5.06. The predicted molar refractivity (Wildman–Crippen MR) is 128 cm³/mol. The number of ether oxygens (including phenoxy) is 2. The summed E-state index contributed by atoms with van der Waals surface area (Å²) in [4.78, 5) is 52.3. The molecule has 0 amide bonds. The zero-order chi connectivity index (χ0) is 25.8. The third-order valence-electron chi connectivity index (χ3n) is 5.50. The number of aromatic nitrogens is 2. The number of nitrogens with zero attached hydrogens (tertiary/aromatic N) is 3. The van der Waals surface area contributed by atoms with Gasteiger partial charge < -0.3 is 9.47 Å². The number of hydrogen-bond donors (Lipinski definition) is 1. The topological polar surface area (TPSA) is 155 Å². The van der Waals surface area contributed by atoms with E-state index in [4.69, 9.17) is 20.0 Å². The Labute approximate surface area is 208 Å². The van der Waals surface area contributed by atoms with Gasteiger partial charge in [0, 0.05) is 17.5 Å². The average Bonchev–Trinajstić information content (AvgIpc) is 3.27. The van der Waals surface area contributed by atoms with Crippen LogP contribution in [0, 0.1) is 29.6 Å². The molecule has 36 heavy (non-hydrogen) atoms. The monoisotopic (exact) mass is 502 g/mol. The number of carbonyl (C=O) groups is 2. The summed E-state index contributed by atoms with van der Waals surface area (Å²) < 4.78 is 12.6. The Kier molecular flexibility index (Phi) is 7.04. The lowest BCUT2D eigenvalue weighted by molar-refractivity contribution is -0.0301. The number of aryl methyl sites for hydroxylation is 1. The Balaban J connectivity index is 1.63. The van der Waals surface area contributed by atoms with E-state index in [0.717, 1.165) is 0 Å². The number of nitrogens with one attached hydrogen (secondary N) is 1. The first-order chi connectivity index (χ1) is 17.3. The van der Waals surface area contributed by atoms with Crippen LogP contribution in [0.2, 0.25) is 0 Å². The number of nitriles is 2. The highest BCUT2D eigenvalue weighted by Gasteiger charge is 2.44. The molecule has 10 nitrogen and oxygen atoms in total. The zero-order valence-corrected chi connectivity index (χ0v) is 19.7. The van der Waals surface area contributed by atoms with Crippen molar-refractivity contribution in [2.75, 3.05) is 5.75 Å². The van der Waals surface area contributed by atoms with Crippen LogP contribution in [0.5, 0.6) is 0 Å². The second kappa shape index (κ2) is 10.3. The average molecular weight is 503 g/mol. The largest absolute Gasteiger partial charge is 0.454 e. The molecule has 1 fully saturated rings. The molecule has 2 heterocycles. The predicted octanol–water partition coefficient (Wildman–Crippen LogP) is 2.28. The number of esters is 2. The van der Waals surface area contributed by atoms with E-state index in [2.05, 4.69) is 4.98 Å². The Bertz CT molecular complexity index is 1510. The van der Waals surface area contributed by atoms with Gasteiger partial charge in [-0.1, -0.05) is 0 Å². The maximum Gasteiger partial charge on any atom is 0.338 e. The van der Waals surface area contributed by atoms with Crippen molar-refractivity contribution in [2.24, 2.45) is 0 Å². The lowest BCUT2D eigenvalue weighted by Crippen LogP contribution is -2.41. The van der Waals surface area contributed by atoms with E-state index in [-0.39, 0.29) is 22.4 Å². The Morgan fingerprint density at radius 3 is 2.00 bits per heavy atom. The van der Waals surface area contributed by atoms with Crippen LogP contribution < -0.4 is 11.2 Å². The van der Waals surface area contributed by atoms with Crippen molar-refractivity contribution in [2.45, 2.75) is 24.5 Å². The number of benzene rings is 2. The molecule has 1 aliphatic rings. The molecule has 2 aromatic carbocycles. The highest BCUT2D eigenvalue weighted by molar-refractivity contribution is 7.99. The van der Waals surface area contributed by atoms with Gasteiger partial charge in [-0.25, -0.2) is 14.4 Å². The molecule has 11 heteroatoms. The zero-order valence-electron chi connectivity index (χ0n) is 18.8. The van der Waals surface area contributed by atoms with Gasteiger partial charge in [0.25, 0.3) is 5.56 Å². The molecule has 3 aromatic rings. The molecule has 1 aromatic heterocycles. The maximum absolute atomic E-state index is 12.9. The smallest absolute Gasteiger partial charge is 0.338 e. The van der Waals surface area contributed by atoms with Crippen molar-refractivity contribution in [1.29, 1.82) is 10.5 Å². The van der Waals surface area contributed by atoms with Crippen molar-refractivity contribution >= 4 is 23.7 Å². The Morgan fingerprint density at radius 2 is 1.47 bits per heavy atom. The van der Waals surface area contributed by atoms with Crippen molar-refractivity contribution in [3.05, 3.63) is 103 Å². The van der Waals surface area contributed by atoms with E-state index in [0.29, 0.717) is 11.1 Å². The van der Waals surface area contributed by atoms with E-state index in [9.17, 15) is 19.2 Å². The second-order valence-corrected chi connectivity index (χ2v) is 9.04. The quantitative estimate of drug-likeness (QED) is 0.517. The molecule has 0 bridgehead atoms. The molecule has 180 valence electrons. The fraction of sp³-hybridized carbons (Fsp3) is 0.200. The first kappa shape index (κ1) is 24.5. The van der Waals surface area contributed by atoms with E-state index in [1.165, 1.54) is 78.0 Å². The SMILES string of the molecule is Cc1cn([C@@H]2SC[C@@H](OC(=O)c3ccc(C#N)cc3)[C@H]2OC(=O)c2ccc(C#N)cc2)c(=O)[nH]c1=O. The van der Waals surface area contributed by atoms with Crippen LogP contribution in [-0.4, -0.2) is 39.5 Å². The van der Waals surface area contributed by atoms with Crippen molar-refractivity contribution in [3.8, 4) is 12.1 Å². The number of carbonyl (C=O) groups excluding carboxylic acids is 2. The van der Waals surface area contributed by atoms with Crippen molar-refractivity contribution in [1.82, 2.24) is 9.55 Å². The highest BCUT2D eigenvalue weighted by Crippen LogP contribution is 2.39. The van der Waals surface area contributed by atoms with Gasteiger partial charge in [0.1, 0.15) is 5.37 Å². The summed E-state index contributed by atoms with van der Waals surface area (Å²) in [7, 11) is 0. The van der Waals surface area contributed by atoms with Gasteiger partial charge in [-0.05, 0) is 55.5 Å². The summed E-state index contributed by atoms with van der Waals surface area (Å²) in [5.74, 6) is -1.21. The normalized spacial score (nSPS) is 18.6. The van der Waals surface area contributed by atoms with Crippen LogP contribution in [0.1, 0.15) is 42.8 Å². The Morgan fingerprint density at radius 1 is 0.944 bits per heavy atom. The van der Waals surface area contributed by atoms with Gasteiger partial charge in [-0.3, -0.25) is 14.3 Å². The van der Waals surface area contributed by atoms with Gasteiger partial charge in [-0.2, -0.15) is 10.5 Å². The molecule has 0 saturated carbocycles. The van der Waals surface area contributed by atoms with E-state index in [1.54, 1.807) is 0 Å². The summed E-state index contributed by atoms with van der Waals surface area (Å²) >= 11 is 1.23. The summed E-state index contributed by atoms with van der Waals surface area (Å²) in [6.07, 6.45) is -0.611. The lowest BCUT2D eigenvalue weighted by Gasteiger charge is -2.25. The molecule has 1 N–H and O–H groups in total. The fourth-order valence-corrected chi connectivity index (χ4v) is 4.96. The van der Waals surface area contributed by atoms with Gasteiger partial charge >= 0.3 is 17.6 Å². The molecule has 0 spiro atoms. The van der Waals surface area contributed by atoms with Gasteiger partial charge in [-0.15, -0.1) is 11.8 Å². The van der Waals surface area contributed by atoms with Gasteiger partial charge in [0.15, 0.2) is 12.2 Å². The first-order valence-corrected chi connectivity index (χ1v) is 11.7. The van der Waals surface area contributed by atoms with Crippen molar-refractivity contribution < 1.29 is 19.1 Å². The number of aromatic amines is 1. The summed E-state index contributed by atoms with van der Waals surface area (Å²) in [5.41, 5.74) is 0.181. The van der Waals surface area contributed by atoms with Crippen LogP contribution in [-0.2, 0) is 9.47 Å². The summed E-state index contributed by atoms with van der Waals surface area (Å²) in [6, 6.07) is 15.6. The molecule has 4 rings (SSSR count). The molecule has 0 radical (unpaired) electrons. The van der Waals surface area contributed by atoms with Crippen LogP contribution in [0.25, 0.3) is 0 Å². The Hall–Kier alpha value is -4.61. The highest BCUT2D eigenvalue weighted by atomic mass is 32.2. The lowest BCUT2D eigenvalue weighted by atomic mass is 10.1. The van der Waals surface area contributed by atoms with E-state index >= 15 is 0 Å². The van der Waals surface area contributed by atoms with Crippen LogP contribution in [0.4, 0.5) is 0 Å². The minimum Gasteiger partial charge on any atom is -0.454 e. The molecule has 3 atom stereocenters. The minimum atomic E-state index is -1.07. The minimum absolute atomic E-state index is 0.173. The number of hydrogen-bond acceptors (Lipinski definition) is 9. The summed E-state index contributed by atoms with van der Waals surface area (Å²) in [6.45, 7) is 1.54. The van der Waals surface area contributed by atoms with Crippen LogP contribution in [0.3, 0.4) is 0 Å². The maximum atomic E-state index is 12.9. The van der Waals surface area contributed by atoms with Crippen LogP contribution in [0.15, 0.2) is 64.3 Å². The molecule has 0 unspecified atom stereocenters. The fourth-order valence-electron chi connectivity index (χ4n) is 3.57. The second-order valence-electron chi connectivity index (χ2n) is 7.89. The third-order valence-corrected chi connectivity index (χ3v) is 6.86. The number of thioether (sulfide) groups is 1. The van der Waals surface area contributed by atoms with Crippen LogP contribution >= 0.6 is 11.8 Å². The van der Waals surface area contributed by atoms with Gasteiger partial charge in [0.2, 0.25) is 0 Å². The summed E-state index contributed by atoms with van der Waals surface area (Å²) in [5, 5.41) is 17.1. The van der Waals surface area contributed by atoms with Gasteiger partial charge in [0.05, 0.1) is 34.4 Å². The molecular weight excluding hydrogens is 484 g/mol. The first-order valence-electron chi connectivity index (χ1n) is 10.7. The van der Waals surface area contributed by atoms with E-state index < -0.39 is 40.8 Å². The molecule has 0 aliphatic carbocycles. The van der Waals surface area contributed by atoms with E-state index in [1.807, 2.05) is 12.1 Å². The van der Waals surface area contributed by atoms with Crippen molar-refractivity contribution in [3.63, 3.8) is 0 Å². The molecular formula is C25H18N4O6S. The standard InChI is InChI=1S/C25H18N4O6S/c1-14-12-29(25(33)28-21(14)30)22-20(35-24(32)18-8-4-16(11-27)5-9-18)19(13-36-22)34-23(31)17-6-2-15(10-26)3-7-17/h2-9,12,19-20,22H,13H2,1H3,(H,28,30,33)/t19-,20-,22-/m1/s1. The molecule has 1 saturated heterocycles. The number of H-pyrrole nitrogens is 1. The molecule has 1 aliphatic heterocycles. The number of rotatable bonds is 5.